The minimum atomic E-state index is -0.0629. The Morgan fingerprint density at radius 3 is 2.71 bits per heavy atom. The van der Waals surface area contributed by atoms with Gasteiger partial charge < -0.3 is 5.32 Å². The number of benzene rings is 1. The largest absolute Gasteiger partial charge is 0.348 e. The highest BCUT2D eigenvalue weighted by molar-refractivity contribution is 5.94. The van der Waals surface area contributed by atoms with Crippen molar-refractivity contribution in [1.82, 2.24) is 10.3 Å². The first kappa shape index (κ1) is 11.3. The van der Waals surface area contributed by atoms with Gasteiger partial charge in [0.25, 0.3) is 5.91 Å². The van der Waals surface area contributed by atoms with Crippen LogP contribution >= 0.6 is 0 Å². The Kier molecular flexibility index (Phi) is 3.50. The van der Waals surface area contributed by atoms with Gasteiger partial charge in [-0.1, -0.05) is 24.3 Å². The fraction of sp³-hybridized carbons (Fsp3) is 0.143. The monoisotopic (exact) mass is 226 g/mol. The Morgan fingerprint density at radius 1 is 1.24 bits per heavy atom. The summed E-state index contributed by atoms with van der Waals surface area (Å²) in [4.78, 5) is 15.9. The summed E-state index contributed by atoms with van der Waals surface area (Å²) in [6.45, 7) is 2.48. The summed E-state index contributed by atoms with van der Waals surface area (Å²) in [6.07, 6.45) is 3.56. The Labute approximate surface area is 101 Å². The topological polar surface area (TPSA) is 42.0 Å². The highest BCUT2D eigenvalue weighted by atomic mass is 16.1. The Morgan fingerprint density at radius 2 is 2.00 bits per heavy atom. The number of carbonyl (C=O) groups excluding carboxylic acids is 1. The third-order valence-corrected chi connectivity index (χ3v) is 2.42. The molecule has 17 heavy (non-hydrogen) atoms. The molecule has 0 fully saturated rings. The molecule has 0 radical (unpaired) electrons. The van der Waals surface area contributed by atoms with Crippen molar-refractivity contribution in [2.75, 3.05) is 0 Å². The normalized spacial score (nSPS) is 9.94. The number of nitrogens with one attached hydrogen (secondary N) is 1. The van der Waals surface area contributed by atoms with Crippen molar-refractivity contribution in [3.8, 4) is 0 Å². The molecule has 3 nitrogen and oxygen atoms in total. The zero-order valence-electron chi connectivity index (χ0n) is 9.68. The number of aryl methyl sites for hydroxylation is 1. The van der Waals surface area contributed by atoms with Crippen molar-refractivity contribution in [2.24, 2.45) is 0 Å². The van der Waals surface area contributed by atoms with E-state index in [2.05, 4.69) is 10.3 Å². The van der Waals surface area contributed by atoms with E-state index in [1.54, 1.807) is 24.5 Å². The number of aromatic nitrogens is 1. The first-order valence-electron chi connectivity index (χ1n) is 5.49. The lowest BCUT2D eigenvalue weighted by molar-refractivity contribution is 0.0951. The molecule has 0 unspecified atom stereocenters. The van der Waals surface area contributed by atoms with Crippen LogP contribution in [0.1, 0.15) is 21.5 Å². The van der Waals surface area contributed by atoms with Gasteiger partial charge in [-0.05, 0) is 30.2 Å². The first-order chi connectivity index (χ1) is 8.25. The van der Waals surface area contributed by atoms with Gasteiger partial charge in [-0.3, -0.25) is 9.78 Å². The third-order valence-electron chi connectivity index (χ3n) is 2.42. The van der Waals surface area contributed by atoms with Crippen LogP contribution in [0, 0.1) is 6.92 Å². The number of amides is 1. The zero-order chi connectivity index (χ0) is 12.1. The van der Waals surface area contributed by atoms with Crippen LogP contribution in [0.25, 0.3) is 0 Å². The molecule has 0 saturated heterocycles. The van der Waals surface area contributed by atoms with Crippen LogP contribution in [0.3, 0.4) is 0 Å². The number of nitrogens with zero attached hydrogens (tertiary/aromatic N) is 1. The van der Waals surface area contributed by atoms with Gasteiger partial charge >= 0.3 is 0 Å². The van der Waals surface area contributed by atoms with E-state index in [4.69, 9.17) is 0 Å². The summed E-state index contributed by atoms with van der Waals surface area (Å²) in [5.41, 5.74) is 2.78. The van der Waals surface area contributed by atoms with Crippen molar-refractivity contribution in [1.29, 1.82) is 0 Å². The molecule has 1 N–H and O–H groups in total. The molecule has 86 valence electrons. The van der Waals surface area contributed by atoms with Crippen LogP contribution in [-0.2, 0) is 6.54 Å². The number of hydrogen-bond acceptors (Lipinski definition) is 2. The van der Waals surface area contributed by atoms with E-state index in [-0.39, 0.29) is 5.91 Å². The Balaban J connectivity index is 1.97. The minimum Gasteiger partial charge on any atom is -0.348 e. The molecule has 0 bridgehead atoms. The van der Waals surface area contributed by atoms with Crippen LogP contribution in [0.5, 0.6) is 0 Å². The van der Waals surface area contributed by atoms with Crippen molar-refractivity contribution in [3.05, 3.63) is 65.5 Å². The molecular formula is C14H14N2O. The summed E-state index contributed by atoms with van der Waals surface area (Å²) >= 11 is 0. The second-order valence-electron chi connectivity index (χ2n) is 3.92. The molecule has 1 heterocycles. The zero-order valence-corrected chi connectivity index (χ0v) is 9.68. The van der Waals surface area contributed by atoms with E-state index in [0.717, 1.165) is 11.1 Å². The molecular weight excluding hydrogens is 212 g/mol. The average molecular weight is 226 g/mol. The lowest BCUT2D eigenvalue weighted by atomic mass is 10.2. The summed E-state index contributed by atoms with van der Waals surface area (Å²) in [6, 6.07) is 11.2. The fourth-order valence-corrected chi connectivity index (χ4v) is 1.59. The number of carbonyl (C=O) groups is 1. The summed E-state index contributed by atoms with van der Waals surface area (Å²) in [5.74, 6) is -0.0629. The first-order valence-corrected chi connectivity index (χ1v) is 5.49. The number of rotatable bonds is 3. The van der Waals surface area contributed by atoms with Gasteiger partial charge in [-0.15, -0.1) is 0 Å². The van der Waals surface area contributed by atoms with E-state index in [9.17, 15) is 4.79 Å². The summed E-state index contributed by atoms with van der Waals surface area (Å²) < 4.78 is 0. The SMILES string of the molecule is Cc1cncc(CNC(=O)c2ccccc2)c1. The molecule has 0 atom stereocenters. The Bertz CT molecular complexity index is 509. The van der Waals surface area contributed by atoms with E-state index >= 15 is 0 Å². The van der Waals surface area contributed by atoms with Gasteiger partial charge in [0.15, 0.2) is 0 Å². The molecule has 2 rings (SSSR count). The lowest BCUT2D eigenvalue weighted by Gasteiger charge is -2.05. The second-order valence-corrected chi connectivity index (χ2v) is 3.92. The predicted molar refractivity (Wildman–Crippen MR) is 66.6 cm³/mol. The summed E-state index contributed by atoms with van der Waals surface area (Å²) in [5, 5.41) is 2.86. The van der Waals surface area contributed by atoms with E-state index in [1.807, 2.05) is 31.2 Å². The van der Waals surface area contributed by atoms with Crippen LogP contribution in [0.4, 0.5) is 0 Å². The van der Waals surface area contributed by atoms with Gasteiger partial charge in [0.05, 0.1) is 0 Å². The third kappa shape index (κ3) is 3.14. The van der Waals surface area contributed by atoms with Gasteiger partial charge in [-0.2, -0.15) is 0 Å². The maximum absolute atomic E-state index is 11.8. The van der Waals surface area contributed by atoms with E-state index in [1.165, 1.54) is 0 Å². The van der Waals surface area contributed by atoms with Crippen molar-refractivity contribution in [2.45, 2.75) is 13.5 Å². The quantitative estimate of drug-likeness (QED) is 0.872. The number of pyridine rings is 1. The van der Waals surface area contributed by atoms with Crippen molar-refractivity contribution < 1.29 is 4.79 Å². The van der Waals surface area contributed by atoms with Crippen molar-refractivity contribution >= 4 is 5.91 Å². The molecule has 0 saturated carbocycles. The molecule has 2 aromatic rings. The maximum atomic E-state index is 11.8. The van der Waals surface area contributed by atoms with Gasteiger partial charge in [0.2, 0.25) is 0 Å². The number of hydrogen-bond donors (Lipinski definition) is 1. The van der Waals surface area contributed by atoms with Crippen LogP contribution in [0.2, 0.25) is 0 Å². The van der Waals surface area contributed by atoms with Crippen LogP contribution in [-0.4, -0.2) is 10.9 Å². The molecule has 0 aliphatic rings. The molecule has 0 aliphatic carbocycles. The van der Waals surface area contributed by atoms with Gasteiger partial charge in [-0.25, -0.2) is 0 Å². The van der Waals surface area contributed by atoms with Crippen molar-refractivity contribution in [3.63, 3.8) is 0 Å². The second kappa shape index (κ2) is 5.25. The standard InChI is InChI=1S/C14H14N2O/c1-11-7-12(9-15-8-11)10-16-14(17)13-5-3-2-4-6-13/h2-9H,10H2,1H3,(H,16,17). The molecule has 1 aromatic carbocycles. The minimum absolute atomic E-state index is 0.0629. The van der Waals surface area contributed by atoms with Crippen LogP contribution < -0.4 is 5.32 Å². The molecule has 1 amide bonds. The molecule has 3 heteroatoms. The highest BCUT2D eigenvalue weighted by Crippen LogP contribution is 2.02. The lowest BCUT2D eigenvalue weighted by Crippen LogP contribution is -2.22. The maximum Gasteiger partial charge on any atom is 0.251 e. The van der Waals surface area contributed by atoms with E-state index < -0.39 is 0 Å². The van der Waals surface area contributed by atoms with Gasteiger partial charge in [0, 0.05) is 24.5 Å². The molecule has 0 aliphatic heterocycles. The fourth-order valence-electron chi connectivity index (χ4n) is 1.59. The predicted octanol–water partition coefficient (Wildman–Crippen LogP) is 2.32. The average Bonchev–Trinajstić information content (AvgIpc) is 2.37. The highest BCUT2D eigenvalue weighted by Gasteiger charge is 2.03. The molecule has 0 spiro atoms. The van der Waals surface area contributed by atoms with E-state index in [0.29, 0.717) is 12.1 Å². The molecule has 1 aromatic heterocycles. The Hall–Kier alpha value is -2.16. The summed E-state index contributed by atoms with van der Waals surface area (Å²) in [7, 11) is 0. The van der Waals surface area contributed by atoms with Crippen LogP contribution in [0.15, 0.2) is 48.8 Å². The smallest absolute Gasteiger partial charge is 0.251 e. The van der Waals surface area contributed by atoms with Gasteiger partial charge in [0.1, 0.15) is 0 Å².